The highest BCUT2D eigenvalue weighted by Crippen LogP contribution is 2.27. The normalized spacial score (nSPS) is 15.9. The Hall–Kier alpha value is -2.31. The van der Waals surface area contributed by atoms with Gasteiger partial charge < -0.3 is 15.4 Å². The first-order valence-electron chi connectivity index (χ1n) is 9.93. The molecule has 0 spiro atoms. The quantitative estimate of drug-likeness (QED) is 0.525. The molecular weight excluding hydrogens is 473 g/mol. The average molecular weight is 496 g/mol. The lowest BCUT2D eigenvalue weighted by Crippen LogP contribution is -2.40. The number of carbonyl (C=O) groups excluding carboxylic acids is 1. The Morgan fingerprint density at radius 3 is 2.56 bits per heavy atom. The number of nitrogens with zero attached hydrogens (tertiary/aromatic N) is 1. The summed E-state index contributed by atoms with van der Waals surface area (Å²) in [6.07, 6.45) is 0. The molecule has 1 atom stereocenters. The van der Waals surface area contributed by atoms with Crippen LogP contribution in [0.5, 0.6) is 0 Å². The molecule has 4 rings (SSSR count). The number of nitrogens with one attached hydrogen (secondary N) is 2. The highest BCUT2D eigenvalue weighted by atomic mass is 32.2. The van der Waals surface area contributed by atoms with Crippen molar-refractivity contribution in [2.24, 2.45) is 0 Å². The molecule has 3 aromatic rings. The summed E-state index contributed by atoms with van der Waals surface area (Å²) < 4.78 is 45.7. The summed E-state index contributed by atoms with van der Waals surface area (Å²) in [6, 6.07) is 12.2. The maximum atomic E-state index is 13.3. The van der Waals surface area contributed by atoms with E-state index in [2.05, 4.69) is 10.6 Å². The molecule has 2 aromatic heterocycles. The molecule has 1 saturated heterocycles. The number of ether oxygens (including phenoxy) is 1. The van der Waals surface area contributed by atoms with Gasteiger partial charge >= 0.3 is 6.03 Å². The predicted molar refractivity (Wildman–Crippen MR) is 122 cm³/mol. The van der Waals surface area contributed by atoms with Crippen molar-refractivity contribution in [3.63, 3.8) is 0 Å². The highest BCUT2D eigenvalue weighted by molar-refractivity contribution is 7.91. The molecule has 0 bridgehead atoms. The third kappa shape index (κ3) is 5.36. The topological polar surface area (TPSA) is 87.7 Å². The molecule has 11 heteroatoms. The van der Waals surface area contributed by atoms with Crippen LogP contribution in [0.2, 0.25) is 0 Å². The second kappa shape index (κ2) is 10.1. The summed E-state index contributed by atoms with van der Waals surface area (Å²) >= 11 is 2.63. The van der Waals surface area contributed by atoms with Crippen molar-refractivity contribution in [1.82, 2.24) is 14.9 Å². The summed E-state index contributed by atoms with van der Waals surface area (Å²) in [7, 11) is -3.55. The van der Waals surface area contributed by atoms with Crippen LogP contribution in [0, 0.1) is 5.82 Å². The van der Waals surface area contributed by atoms with Gasteiger partial charge in [-0.05, 0) is 41.3 Å². The van der Waals surface area contributed by atoms with Crippen molar-refractivity contribution < 1.29 is 22.3 Å². The van der Waals surface area contributed by atoms with E-state index in [0.717, 1.165) is 26.7 Å². The molecule has 2 N–H and O–H groups in total. The first kappa shape index (κ1) is 22.9. The minimum absolute atomic E-state index is 0.190. The number of amides is 2. The van der Waals surface area contributed by atoms with Gasteiger partial charge in [0, 0.05) is 22.8 Å². The lowest BCUT2D eigenvalue weighted by atomic mass is 10.1. The highest BCUT2D eigenvalue weighted by Gasteiger charge is 2.27. The summed E-state index contributed by atoms with van der Waals surface area (Å²) in [5, 5.41) is 7.61. The number of hydrogen-bond donors (Lipinski definition) is 2. The van der Waals surface area contributed by atoms with Gasteiger partial charge in [-0.3, -0.25) is 0 Å². The number of carbonyl (C=O) groups is 1. The fourth-order valence-corrected chi connectivity index (χ4v) is 6.95. The lowest BCUT2D eigenvalue weighted by Gasteiger charge is -2.25. The fourth-order valence-electron chi connectivity index (χ4n) is 3.29. The molecule has 1 unspecified atom stereocenters. The minimum Gasteiger partial charge on any atom is -0.379 e. The fraction of sp³-hybridized carbons (Fsp3) is 0.286. The zero-order chi connectivity index (χ0) is 22.6. The third-order valence-electron chi connectivity index (χ3n) is 4.93. The third-order valence-corrected chi connectivity index (χ3v) is 9.32. The number of halogens is 1. The molecule has 170 valence electrons. The predicted octanol–water partition coefficient (Wildman–Crippen LogP) is 3.56. The van der Waals surface area contributed by atoms with Crippen LogP contribution in [0.15, 0.2) is 58.1 Å². The van der Waals surface area contributed by atoms with Crippen LogP contribution in [0.1, 0.15) is 21.4 Å². The van der Waals surface area contributed by atoms with E-state index in [1.807, 2.05) is 17.5 Å². The van der Waals surface area contributed by atoms with Crippen LogP contribution in [0.25, 0.3) is 0 Å². The van der Waals surface area contributed by atoms with E-state index in [0.29, 0.717) is 26.3 Å². The van der Waals surface area contributed by atoms with Gasteiger partial charge in [-0.15, -0.1) is 22.7 Å². The summed E-state index contributed by atoms with van der Waals surface area (Å²) in [4.78, 5) is 14.2. The van der Waals surface area contributed by atoms with Gasteiger partial charge in [0.2, 0.25) is 0 Å². The number of urea groups is 1. The van der Waals surface area contributed by atoms with Crippen molar-refractivity contribution in [3.8, 4) is 0 Å². The van der Waals surface area contributed by atoms with E-state index in [1.165, 1.54) is 27.8 Å². The lowest BCUT2D eigenvalue weighted by molar-refractivity contribution is 0.0731. The van der Waals surface area contributed by atoms with Gasteiger partial charge in [-0.2, -0.15) is 4.31 Å². The van der Waals surface area contributed by atoms with Crippen LogP contribution in [-0.4, -0.2) is 45.1 Å². The molecule has 2 amide bonds. The van der Waals surface area contributed by atoms with Crippen molar-refractivity contribution in [3.05, 3.63) is 75.0 Å². The number of morpholine rings is 1. The smallest absolute Gasteiger partial charge is 0.315 e. The first-order chi connectivity index (χ1) is 15.4. The number of rotatable bonds is 7. The minimum atomic E-state index is -3.55. The van der Waals surface area contributed by atoms with Crippen LogP contribution in [-0.2, 0) is 21.3 Å². The Morgan fingerprint density at radius 2 is 1.88 bits per heavy atom. The van der Waals surface area contributed by atoms with Gasteiger partial charge in [0.1, 0.15) is 10.0 Å². The number of thiophene rings is 2. The van der Waals surface area contributed by atoms with Crippen molar-refractivity contribution in [1.29, 1.82) is 0 Å². The first-order valence-corrected chi connectivity index (χ1v) is 13.1. The van der Waals surface area contributed by atoms with E-state index >= 15 is 0 Å². The molecule has 1 aliphatic rings. The summed E-state index contributed by atoms with van der Waals surface area (Å²) in [5.41, 5.74) is 0.763. The van der Waals surface area contributed by atoms with Gasteiger partial charge in [-0.25, -0.2) is 17.6 Å². The van der Waals surface area contributed by atoms with E-state index in [4.69, 9.17) is 4.74 Å². The van der Waals surface area contributed by atoms with Crippen LogP contribution in [0.4, 0.5) is 9.18 Å². The molecule has 32 heavy (non-hydrogen) atoms. The number of benzene rings is 1. The Balaban J connectivity index is 1.39. The van der Waals surface area contributed by atoms with Crippen molar-refractivity contribution in [2.75, 3.05) is 26.3 Å². The van der Waals surface area contributed by atoms with Crippen LogP contribution in [0.3, 0.4) is 0 Å². The molecule has 3 heterocycles. The van der Waals surface area contributed by atoms with Gasteiger partial charge in [0.05, 0.1) is 25.8 Å². The Labute approximate surface area is 193 Å². The molecule has 1 aromatic carbocycles. The molecule has 0 radical (unpaired) electrons. The zero-order valence-electron chi connectivity index (χ0n) is 17.0. The van der Waals surface area contributed by atoms with E-state index in [-0.39, 0.29) is 16.6 Å². The standard InChI is InChI=1S/C21H22FN3O4S3/c22-16-5-3-15(4-6-16)20(18-2-1-13-30-18)24-21(26)23-14-17-7-8-19(31-17)32(27,28)25-9-11-29-12-10-25/h1-8,13,20H,9-12,14H2,(H2,23,24,26). The van der Waals surface area contributed by atoms with Crippen LogP contribution >= 0.6 is 22.7 Å². The van der Waals surface area contributed by atoms with Crippen molar-refractivity contribution >= 4 is 38.7 Å². The molecule has 1 fully saturated rings. The summed E-state index contributed by atoms with van der Waals surface area (Å²) in [5.74, 6) is -0.344. The molecular formula is C21H22FN3O4S3. The Morgan fingerprint density at radius 1 is 1.12 bits per heavy atom. The van der Waals surface area contributed by atoms with E-state index in [1.54, 1.807) is 24.3 Å². The molecule has 7 nitrogen and oxygen atoms in total. The second-order valence-electron chi connectivity index (χ2n) is 7.06. The molecule has 0 aliphatic carbocycles. The average Bonchev–Trinajstić information content (AvgIpc) is 3.50. The largest absolute Gasteiger partial charge is 0.379 e. The summed E-state index contributed by atoms with van der Waals surface area (Å²) in [6.45, 7) is 1.64. The number of hydrogen-bond acceptors (Lipinski definition) is 6. The Kier molecular flexibility index (Phi) is 7.21. The van der Waals surface area contributed by atoms with Crippen molar-refractivity contribution in [2.45, 2.75) is 16.8 Å². The van der Waals surface area contributed by atoms with Gasteiger partial charge in [-0.1, -0.05) is 18.2 Å². The maximum absolute atomic E-state index is 13.3. The monoisotopic (exact) mass is 495 g/mol. The zero-order valence-corrected chi connectivity index (χ0v) is 19.4. The van der Waals surface area contributed by atoms with Gasteiger partial charge in [0.25, 0.3) is 10.0 Å². The molecule has 1 aliphatic heterocycles. The molecule has 0 saturated carbocycles. The van der Waals surface area contributed by atoms with Crippen LogP contribution < -0.4 is 10.6 Å². The maximum Gasteiger partial charge on any atom is 0.315 e. The SMILES string of the molecule is O=C(NCc1ccc(S(=O)(=O)N2CCOCC2)s1)NC(c1ccc(F)cc1)c1cccs1. The van der Waals surface area contributed by atoms with Gasteiger partial charge in [0.15, 0.2) is 0 Å². The Bertz CT molecular complexity index is 1140. The van der Waals surface area contributed by atoms with E-state index < -0.39 is 22.1 Å². The number of sulfonamides is 1. The second-order valence-corrected chi connectivity index (χ2v) is 11.4. The van der Waals surface area contributed by atoms with E-state index in [9.17, 15) is 17.6 Å².